The van der Waals surface area contributed by atoms with E-state index in [0.29, 0.717) is 12.3 Å². The first kappa shape index (κ1) is 8.77. The average Bonchev–Trinajstić information content (AvgIpc) is 3.01. The number of hydrogen-bond acceptors (Lipinski definition) is 2. The molecule has 0 spiro atoms. The monoisotopic (exact) mass is 202 g/mol. The number of fused-ring (bicyclic) bond motifs is 1. The molecule has 0 aromatic heterocycles. The van der Waals surface area contributed by atoms with Crippen molar-refractivity contribution >= 4 is 17.3 Å². The van der Waals surface area contributed by atoms with Crippen molar-refractivity contribution in [3.05, 3.63) is 23.3 Å². The molecular formula is C12H14N2O. The number of benzene rings is 1. The van der Waals surface area contributed by atoms with Gasteiger partial charge in [-0.05, 0) is 48.4 Å². The number of amides is 1. The highest BCUT2D eigenvalue weighted by molar-refractivity contribution is 5.95. The van der Waals surface area contributed by atoms with Crippen molar-refractivity contribution in [2.45, 2.75) is 31.6 Å². The molecule has 0 unspecified atom stereocenters. The van der Waals surface area contributed by atoms with Gasteiger partial charge in [-0.2, -0.15) is 0 Å². The van der Waals surface area contributed by atoms with Crippen LogP contribution < -0.4 is 11.1 Å². The van der Waals surface area contributed by atoms with Crippen molar-refractivity contribution in [2.24, 2.45) is 0 Å². The normalized spacial score (nSPS) is 19.6. The Labute approximate surface area is 88.7 Å². The lowest BCUT2D eigenvalue weighted by Gasteiger charge is -2.20. The molecule has 3 nitrogen and oxygen atoms in total. The van der Waals surface area contributed by atoms with Crippen LogP contribution in [0.15, 0.2) is 12.1 Å². The van der Waals surface area contributed by atoms with Crippen molar-refractivity contribution < 1.29 is 4.79 Å². The van der Waals surface area contributed by atoms with Crippen molar-refractivity contribution in [3.63, 3.8) is 0 Å². The summed E-state index contributed by atoms with van der Waals surface area (Å²) in [6, 6.07) is 4.00. The van der Waals surface area contributed by atoms with Gasteiger partial charge < -0.3 is 11.1 Å². The second-order valence-electron chi connectivity index (χ2n) is 4.47. The van der Waals surface area contributed by atoms with Crippen LogP contribution in [-0.2, 0) is 11.2 Å². The highest BCUT2D eigenvalue weighted by Crippen LogP contribution is 2.46. The number of nitrogens with one attached hydrogen (secondary N) is 1. The molecule has 0 saturated heterocycles. The molecule has 1 heterocycles. The first-order valence-corrected chi connectivity index (χ1v) is 5.46. The van der Waals surface area contributed by atoms with Gasteiger partial charge in [0.25, 0.3) is 0 Å². The summed E-state index contributed by atoms with van der Waals surface area (Å²) in [6.07, 6.45) is 3.87. The topological polar surface area (TPSA) is 55.1 Å². The molecule has 0 bridgehead atoms. The molecule has 1 saturated carbocycles. The minimum absolute atomic E-state index is 0.133. The summed E-state index contributed by atoms with van der Waals surface area (Å²) in [5, 5.41) is 2.98. The van der Waals surface area contributed by atoms with Crippen molar-refractivity contribution in [3.8, 4) is 0 Å². The van der Waals surface area contributed by atoms with Crippen LogP contribution in [0.3, 0.4) is 0 Å². The average molecular weight is 202 g/mol. The third-order valence-electron chi connectivity index (χ3n) is 3.18. The summed E-state index contributed by atoms with van der Waals surface area (Å²) >= 11 is 0. The number of anilines is 2. The number of aryl methyl sites for hydroxylation is 1. The van der Waals surface area contributed by atoms with Gasteiger partial charge in [0.1, 0.15) is 0 Å². The summed E-state index contributed by atoms with van der Waals surface area (Å²) in [5.74, 6) is 0.759. The number of carbonyl (C=O) groups excluding carboxylic acids is 1. The predicted octanol–water partition coefficient (Wildman–Crippen LogP) is 2.03. The van der Waals surface area contributed by atoms with Gasteiger partial charge in [-0.15, -0.1) is 0 Å². The quantitative estimate of drug-likeness (QED) is 0.684. The van der Waals surface area contributed by atoms with E-state index in [1.807, 2.05) is 12.1 Å². The predicted molar refractivity (Wildman–Crippen MR) is 59.8 cm³/mol. The summed E-state index contributed by atoms with van der Waals surface area (Å²) in [7, 11) is 0. The summed E-state index contributed by atoms with van der Waals surface area (Å²) in [6.45, 7) is 0. The molecule has 3 rings (SSSR count). The molecule has 1 aliphatic carbocycles. The van der Waals surface area contributed by atoms with Gasteiger partial charge in [0.05, 0.1) is 0 Å². The first-order valence-electron chi connectivity index (χ1n) is 5.46. The molecule has 3 heteroatoms. The van der Waals surface area contributed by atoms with Crippen LogP contribution in [0.4, 0.5) is 11.4 Å². The smallest absolute Gasteiger partial charge is 0.224 e. The fraction of sp³-hybridized carbons (Fsp3) is 0.417. The first-order chi connectivity index (χ1) is 7.24. The van der Waals surface area contributed by atoms with Crippen LogP contribution in [-0.4, -0.2) is 5.91 Å². The Balaban J connectivity index is 2.12. The lowest BCUT2D eigenvalue weighted by Crippen LogP contribution is -2.20. The zero-order chi connectivity index (χ0) is 10.4. The number of carbonyl (C=O) groups is 1. The molecule has 0 atom stereocenters. The third kappa shape index (κ3) is 1.48. The van der Waals surface area contributed by atoms with Crippen LogP contribution in [0.2, 0.25) is 0 Å². The zero-order valence-corrected chi connectivity index (χ0v) is 8.55. The summed E-state index contributed by atoms with van der Waals surface area (Å²) in [5.41, 5.74) is 10.2. The second-order valence-corrected chi connectivity index (χ2v) is 4.47. The Morgan fingerprint density at radius 2 is 2.07 bits per heavy atom. The van der Waals surface area contributed by atoms with E-state index >= 15 is 0 Å². The molecule has 1 aliphatic heterocycles. The van der Waals surface area contributed by atoms with Gasteiger partial charge in [-0.3, -0.25) is 4.79 Å². The van der Waals surface area contributed by atoms with E-state index in [0.717, 1.165) is 17.8 Å². The Hall–Kier alpha value is -1.51. The molecule has 2 aliphatic rings. The molecule has 1 amide bonds. The highest BCUT2D eigenvalue weighted by atomic mass is 16.1. The van der Waals surface area contributed by atoms with Gasteiger partial charge >= 0.3 is 0 Å². The van der Waals surface area contributed by atoms with Crippen molar-refractivity contribution in [1.82, 2.24) is 0 Å². The van der Waals surface area contributed by atoms with Crippen LogP contribution in [0.25, 0.3) is 0 Å². The maximum absolute atomic E-state index is 11.4. The van der Waals surface area contributed by atoms with Gasteiger partial charge in [0.15, 0.2) is 0 Å². The second kappa shape index (κ2) is 2.99. The number of hydrogen-bond donors (Lipinski definition) is 2. The Morgan fingerprint density at radius 1 is 1.27 bits per heavy atom. The van der Waals surface area contributed by atoms with Gasteiger partial charge in [0, 0.05) is 17.8 Å². The number of nitrogens with two attached hydrogens (primary N) is 1. The molecule has 3 N–H and O–H groups in total. The summed E-state index contributed by atoms with van der Waals surface area (Å²) < 4.78 is 0. The minimum atomic E-state index is 0.133. The van der Waals surface area contributed by atoms with Crippen LogP contribution in [0.1, 0.15) is 36.3 Å². The maximum atomic E-state index is 11.4. The van der Waals surface area contributed by atoms with E-state index in [1.165, 1.54) is 24.0 Å². The molecule has 78 valence electrons. The standard InChI is InChI=1S/C12H14N2O/c13-9-5-8-3-4-11(15)14-12(8)10(6-9)7-1-2-7/h5-7H,1-4,13H2,(H,14,15). The Morgan fingerprint density at radius 3 is 2.80 bits per heavy atom. The van der Waals surface area contributed by atoms with Crippen molar-refractivity contribution in [2.75, 3.05) is 11.1 Å². The molecule has 1 aromatic carbocycles. The Bertz CT molecular complexity index is 435. The van der Waals surface area contributed by atoms with Crippen LogP contribution in [0, 0.1) is 0 Å². The largest absolute Gasteiger partial charge is 0.399 e. The van der Waals surface area contributed by atoms with E-state index in [-0.39, 0.29) is 5.91 Å². The molecule has 1 aromatic rings. The van der Waals surface area contributed by atoms with Gasteiger partial charge in [0.2, 0.25) is 5.91 Å². The van der Waals surface area contributed by atoms with E-state index in [9.17, 15) is 4.79 Å². The third-order valence-corrected chi connectivity index (χ3v) is 3.18. The van der Waals surface area contributed by atoms with Crippen LogP contribution in [0.5, 0.6) is 0 Å². The number of rotatable bonds is 1. The maximum Gasteiger partial charge on any atom is 0.224 e. The SMILES string of the molecule is Nc1cc2c(c(C3CC3)c1)NC(=O)CC2. The zero-order valence-electron chi connectivity index (χ0n) is 8.55. The Kier molecular flexibility index (Phi) is 1.75. The fourth-order valence-corrected chi connectivity index (χ4v) is 2.27. The molecule has 0 radical (unpaired) electrons. The minimum Gasteiger partial charge on any atom is -0.399 e. The number of nitrogen functional groups attached to an aromatic ring is 1. The molecule has 15 heavy (non-hydrogen) atoms. The van der Waals surface area contributed by atoms with E-state index < -0.39 is 0 Å². The van der Waals surface area contributed by atoms with Gasteiger partial charge in [-0.1, -0.05) is 0 Å². The van der Waals surface area contributed by atoms with Crippen LogP contribution >= 0.6 is 0 Å². The fourth-order valence-electron chi connectivity index (χ4n) is 2.27. The molecule has 1 fully saturated rings. The van der Waals surface area contributed by atoms with Gasteiger partial charge in [-0.25, -0.2) is 0 Å². The van der Waals surface area contributed by atoms with E-state index in [4.69, 9.17) is 5.73 Å². The van der Waals surface area contributed by atoms with E-state index in [2.05, 4.69) is 5.32 Å². The van der Waals surface area contributed by atoms with Crippen molar-refractivity contribution in [1.29, 1.82) is 0 Å². The lowest BCUT2D eigenvalue weighted by molar-refractivity contribution is -0.116. The summed E-state index contributed by atoms with van der Waals surface area (Å²) in [4.78, 5) is 11.4. The molecular weight excluding hydrogens is 188 g/mol. The van der Waals surface area contributed by atoms with E-state index in [1.54, 1.807) is 0 Å². The lowest BCUT2D eigenvalue weighted by atomic mass is 9.96. The highest BCUT2D eigenvalue weighted by Gasteiger charge is 2.29.